The lowest BCUT2D eigenvalue weighted by Gasteiger charge is -2.27. The molecule has 6 nitrogen and oxygen atoms in total. The molecule has 2 aliphatic rings. The maximum absolute atomic E-state index is 13.2. The number of hydrogen-bond donors (Lipinski definition) is 0. The molecule has 0 saturated carbocycles. The average molecular weight is 390 g/mol. The van der Waals surface area contributed by atoms with Gasteiger partial charge in [0.25, 0.3) is 0 Å². The molecule has 1 fully saturated rings. The van der Waals surface area contributed by atoms with E-state index in [0.717, 1.165) is 37.0 Å². The second-order valence-corrected chi connectivity index (χ2v) is 7.98. The van der Waals surface area contributed by atoms with E-state index in [-0.39, 0.29) is 18.1 Å². The Morgan fingerprint density at radius 3 is 2.52 bits per heavy atom. The molecule has 29 heavy (non-hydrogen) atoms. The summed E-state index contributed by atoms with van der Waals surface area (Å²) in [6.45, 7) is 5.09. The van der Waals surface area contributed by atoms with Gasteiger partial charge < -0.3 is 9.80 Å². The van der Waals surface area contributed by atoms with E-state index in [1.807, 2.05) is 36.1 Å². The Morgan fingerprint density at radius 2 is 1.72 bits per heavy atom. The fourth-order valence-corrected chi connectivity index (χ4v) is 4.96. The fraction of sp³-hybridized carbons (Fsp3) is 0.391. The number of fused-ring (bicyclic) bond motifs is 4. The van der Waals surface area contributed by atoms with E-state index in [0.29, 0.717) is 19.1 Å². The molecule has 0 aliphatic carbocycles. The number of imidazole rings is 1. The number of benzene rings is 2. The molecule has 3 heterocycles. The average Bonchev–Trinajstić information content (AvgIpc) is 3.12. The highest BCUT2D eigenvalue weighted by Crippen LogP contribution is 2.33. The zero-order chi connectivity index (χ0) is 20.0. The zero-order valence-corrected chi connectivity index (χ0v) is 16.8. The van der Waals surface area contributed by atoms with Crippen molar-refractivity contribution < 1.29 is 4.79 Å². The molecule has 0 bridgehead atoms. The highest BCUT2D eigenvalue weighted by molar-refractivity contribution is 5.81. The van der Waals surface area contributed by atoms with E-state index in [4.69, 9.17) is 0 Å². The van der Waals surface area contributed by atoms with Gasteiger partial charge in [-0.3, -0.25) is 13.9 Å². The van der Waals surface area contributed by atoms with Gasteiger partial charge >= 0.3 is 5.69 Å². The first kappa shape index (κ1) is 18.0. The largest absolute Gasteiger partial charge is 0.366 e. The molecule has 2 aromatic carbocycles. The number of carbonyl (C=O) groups excluding carboxylic acids is 1. The van der Waals surface area contributed by atoms with Crippen LogP contribution >= 0.6 is 0 Å². The van der Waals surface area contributed by atoms with Crippen LogP contribution < -0.4 is 10.6 Å². The van der Waals surface area contributed by atoms with E-state index in [1.165, 1.54) is 11.3 Å². The Kier molecular flexibility index (Phi) is 4.42. The maximum atomic E-state index is 13.2. The number of hydrogen-bond acceptors (Lipinski definition) is 3. The Hall–Kier alpha value is -3.02. The first-order chi connectivity index (χ1) is 14.2. The van der Waals surface area contributed by atoms with Crippen LogP contribution in [0.2, 0.25) is 0 Å². The third-order valence-corrected chi connectivity index (χ3v) is 6.34. The molecule has 1 aromatic heterocycles. The minimum Gasteiger partial charge on any atom is -0.366 e. The van der Waals surface area contributed by atoms with Crippen molar-refractivity contribution in [1.82, 2.24) is 14.0 Å². The Bertz CT molecular complexity index is 1130. The molecular weight excluding hydrogens is 364 g/mol. The number of aryl methyl sites for hydroxylation is 1. The normalized spacial score (nSPS) is 18.6. The summed E-state index contributed by atoms with van der Waals surface area (Å²) in [4.78, 5) is 30.5. The summed E-state index contributed by atoms with van der Waals surface area (Å²) in [6.07, 6.45) is 1.93. The van der Waals surface area contributed by atoms with Gasteiger partial charge in [-0.1, -0.05) is 30.3 Å². The van der Waals surface area contributed by atoms with Crippen LogP contribution in [-0.2, 0) is 24.3 Å². The molecule has 1 saturated heterocycles. The summed E-state index contributed by atoms with van der Waals surface area (Å²) in [5.41, 5.74) is 4.30. The van der Waals surface area contributed by atoms with E-state index in [9.17, 15) is 9.59 Å². The van der Waals surface area contributed by atoms with Crippen LogP contribution in [0.4, 0.5) is 5.69 Å². The molecule has 6 heteroatoms. The smallest absolute Gasteiger partial charge is 0.329 e. The zero-order valence-electron chi connectivity index (χ0n) is 16.8. The molecule has 2 aliphatic heterocycles. The van der Waals surface area contributed by atoms with E-state index in [1.54, 1.807) is 9.13 Å². The lowest BCUT2D eigenvalue weighted by molar-refractivity contribution is -0.131. The molecular formula is C23H26N4O2. The van der Waals surface area contributed by atoms with Crippen molar-refractivity contribution in [2.45, 2.75) is 38.9 Å². The van der Waals surface area contributed by atoms with Crippen LogP contribution in [0.5, 0.6) is 0 Å². The molecule has 0 radical (unpaired) electrons. The summed E-state index contributed by atoms with van der Waals surface area (Å²) < 4.78 is 3.37. The summed E-state index contributed by atoms with van der Waals surface area (Å²) in [6, 6.07) is 16.6. The summed E-state index contributed by atoms with van der Waals surface area (Å²) >= 11 is 0. The van der Waals surface area contributed by atoms with Gasteiger partial charge in [0.2, 0.25) is 5.91 Å². The van der Waals surface area contributed by atoms with Gasteiger partial charge in [-0.05, 0) is 43.5 Å². The van der Waals surface area contributed by atoms with Gasteiger partial charge in [-0.15, -0.1) is 0 Å². The standard InChI is InChI=1S/C23H26N4O2/c1-2-25-20-10-5-6-11-21(20)27(23(25)29)16-22(28)24-12-7-13-26-18(15-24)14-17-8-3-4-9-19(17)26/h3-6,8-11,18H,2,7,12-16H2,1H3. The van der Waals surface area contributed by atoms with Crippen LogP contribution in [0.15, 0.2) is 53.3 Å². The van der Waals surface area contributed by atoms with Gasteiger partial charge in [-0.2, -0.15) is 0 Å². The summed E-state index contributed by atoms with van der Waals surface area (Å²) in [5.74, 6) is 0.0314. The van der Waals surface area contributed by atoms with Crippen molar-refractivity contribution in [2.24, 2.45) is 0 Å². The number of anilines is 1. The molecule has 0 N–H and O–H groups in total. The minimum atomic E-state index is -0.105. The van der Waals surface area contributed by atoms with Crippen LogP contribution in [-0.4, -0.2) is 45.6 Å². The predicted molar refractivity (Wildman–Crippen MR) is 114 cm³/mol. The second-order valence-electron chi connectivity index (χ2n) is 7.98. The quantitative estimate of drug-likeness (QED) is 0.690. The molecule has 0 spiro atoms. The van der Waals surface area contributed by atoms with Crippen molar-refractivity contribution in [3.05, 3.63) is 64.6 Å². The fourth-order valence-electron chi connectivity index (χ4n) is 4.96. The van der Waals surface area contributed by atoms with Crippen molar-refractivity contribution in [2.75, 3.05) is 24.5 Å². The molecule has 5 rings (SSSR count). The van der Waals surface area contributed by atoms with E-state index in [2.05, 4.69) is 29.2 Å². The maximum Gasteiger partial charge on any atom is 0.329 e. The predicted octanol–water partition coefficient (Wildman–Crippen LogP) is 2.49. The van der Waals surface area contributed by atoms with Gasteiger partial charge in [0.1, 0.15) is 6.54 Å². The van der Waals surface area contributed by atoms with Gasteiger partial charge in [0.15, 0.2) is 0 Å². The third kappa shape index (κ3) is 2.94. The third-order valence-electron chi connectivity index (χ3n) is 6.34. The van der Waals surface area contributed by atoms with E-state index < -0.39 is 0 Å². The molecule has 1 unspecified atom stereocenters. The SMILES string of the molecule is CCn1c(=O)n(CC(=O)N2CCCN3c4ccccc4CC3C2)c2ccccc21. The van der Waals surface area contributed by atoms with Crippen LogP contribution in [0, 0.1) is 0 Å². The van der Waals surface area contributed by atoms with Gasteiger partial charge in [0.05, 0.1) is 17.1 Å². The molecule has 3 aromatic rings. The van der Waals surface area contributed by atoms with Crippen molar-refractivity contribution >= 4 is 22.6 Å². The summed E-state index contributed by atoms with van der Waals surface area (Å²) in [5, 5.41) is 0. The Morgan fingerprint density at radius 1 is 1.00 bits per heavy atom. The van der Waals surface area contributed by atoms with Crippen LogP contribution in [0.1, 0.15) is 18.9 Å². The number of para-hydroxylation sites is 3. The van der Waals surface area contributed by atoms with Crippen molar-refractivity contribution in [1.29, 1.82) is 0 Å². The molecule has 1 atom stereocenters. The van der Waals surface area contributed by atoms with Gasteiger partial charge in [-0.25, -0.2) is 4.79 Å². The molecule has 1 amide bonds. The molecule has 150 valence electrons. The van der Waals surface area contributed by atoms with Gasteiger partial charge in [0, 0.05) is 31.9 Å². The second kappa shape index (κ2) is 7.10. The Labute approximate surface area is 169 Å². The lowest BCUT2D eigenvalue weighted by Crippen LogP contribution is -2.43. The van der Waals surface area contributed by atoms with E-state index >= 15 is 0 Å². The monoisotopic (exact) mass is 390 g/mol. The lowest BCUT2D eigenvalue weighted by atomic mass is 10.1. The summed E-state index contributed by atoms with van der Waals surface area (Å²) in [7, 11) is 0. The minimum absolute atomic E-state index is 0.0314. The van der Waals surface area contributed by atoms with Crippen molar-refractivity contribution in [3.8, 4) is 0 Å². The van der Waals surface area contributed by atoms with Crippen LogP contribution in [0.3, 0.4) is 0 Å². The van der Waals surface area contributed by atoms with Crippen molar-refractivity contribution in [3.63, 3.8) is 0 Å². The number of amides is 1. The number of nitrogens with zero attached hydrogens (tertiary/aromatic N) is 4. The first-order valence-electron chi connectivity index (χ1n) is 10.5. The number of rotatable bonds is 3. The highest BCUT2D eigenvalue weighted by Gasteiger charge is 2.33. The topological polar surface area (TPSA) is 50.5 Å². The van der Waals surface area contributed by atoms with Crippen LogP contribution in [0.25, 0.3) is 11.0 Å². The highest BCUT2D eigenvalue weighted by atomic mass is 16.2. The first-order valence-corrected chi connectivity index (χ1v) is 10.5. The number of carbonyl (C=O) groups is 1. The Balaban J connectivity index is 1.39. The number of aromatic nitrogens is 2.